The van der Waals surface area contributed by atoms with Crippen LogP contribution in [0.2, 0.25) is 19.6 Å². The largest absolute Gasteiger partial charge is 0.508 e. The molecular weight excluding hydrogens is 144 g/mol. The van der Waals surface area contributed by atoms with Gasteiger partial charge in [-0.2, -0.15) is 0 Å². The molecule has 0 bridgehead atoms. The van der Waals surface area contributed by atoms with E-state index in [1.54, 1.807) is 0 Å². The van der Waals surface area contributed by atoms with E-state index in [0.717, 1.165) is 0 Å². The third-order valence-electron chi connectivity index (χ3n) is 0.386. The Balaban J connectivity index is 3.55. The monoisotopic (exact) mass is 152 g/mol. The van der Waals surface area contributed by atoms with Crippen molar-refractivity contribution in [2.24, 2.45) is 0 Å². The van der Waals surface area contributed by atoms with Crippen LogP contribution in [-0.4, -0.2) is 13.7 Å². The second-order valence-corrected chi connectivity index (χ2v) is 7.19. The predicted molar refractivity (Wildman–Crippen MR) is 35.7 cm³/mol. The maximum absolute atomic E-state index is 10.0. The van der Waals surface area contributed by atoms with Crippen LogP contribution in [0.15, 0.2) is 0 Å². The number of hydrogen-bond donors (Lipinski definition) is 0. The van der Waals surface area contributed by atoms with E-state index in [4.69, 9.17) is 16.0 Å². The van der Waals surface area contributed by atoms with Crippen LogP contribution in [0.1, 0.15) is 0 Å². The van der Waals surface area contributed by atoms with Gasteiger partial charge in [-0.25, -0.2) is 4.79 Å². The molecule has 0 aliphatic heterocycles. The molecule has 0 heterocycles. The summed E-state index contributed by atoms with van der Waals surface area (Å²) < 4.78 is 4.70. The van der Waals surface area contributed by atoms with Crippen LogP contribution >= 0.6 is 11.6 Å². The van der Waals surface area contributed by atoms with Crippen molar-refractivity contribution in [1.29, 1.82) is 0 Å². The standard InChI is InChI=1S/C4H9ClO2Si/c1-8(2,3)7-4(5)6/h1-3H3. The van der Waals surface area contributed by atoms with E-state index < -0.39 is 13.7 Å². The summed E-state index contributed by atoms with van der Waals surface area (Å²) >= 11 is 4.94. The maximum Gasteiger partial charge on any atom is 0.390 e. The molecule has 0 aromatic carbocycles. The molecule has 0 spiro atoms. The predicted octanol–water partition coefficient (Wildman–Crippen LogP) is 2.20. The van der Waals surface area contributed by atoms with Crippen LogP contribution in [0.5, 0.6) is 0 Å². The quantitative estimate of drug-likeness (QED) is 0.426. The SMILES string of the molecule is C[Si](C)(C)OC(=O)Cl. The van der Waals surface area contributed by atoms with Crippen LogP contribution in [0.3, 0.4) is 0 Å². The fourth-order valence-corrected chi connectivity index (χ4v) is 1.42. The van der Waals surface area contributed by atoms with Crippen LogP contribution in [0.4, 0.5) is 4.79 Å². The topological polar surface area (TPSA) is 26.3 Å². The van der Waals surface area contributed by atoms with Gasteiger partial charge < -0.3 is 4.43 Å². The third kappa shape index (κ3) is 5.98. The third-order valence-corrected chi connectivity index (χ3v) is 1.39. The molecule has 0 amide bonds. The molecule has 2 nitrogen and oxygen atoms in total. The molecule has 0 atom stereocenters. The number of carbonyl (C=O) groups is 1. The molecule has 0 aromatic heterocycles. The molecule has 0 fully saturated rings. The van der Waals surface area contributed by atoms with Crippen molar-refractivity contribution in [3.8, 4) is 0 Å². The zero-order chi connectivity index (χ0) is 6.78. The van der Waals surface area contributed by atoms with Gasteiger partial charge in [-0.3, -0.25) is 0 Å². The van der Waals surface area contributed by atoms with Gasteiger partial charge in [0, 0.05) is 11.6 Å². The lowest BCUT2D eigenvalue weighted by Gasteiger charge is -2.13. The van der Waals surface area contributed by atoms with Gasteiger partial charge in [0.2, 0.25) is 8.32 Å². The fraction of sp³-hybridized carbons (Fsp3) is 0.750. The molecule has 0 saturated heterocycles. The summed E-state index contributed by atoms with van der Waals surface area (Å²) in [6.07, 6.45) is 0. The van der Waals surface area contributed by atoms with Crippen molar-refractivity contribution in [1.82, 2.24) is 0 Å². The second-order valence-electron chi connectivity index (χ2n) is 2.45. The molecule has 8 heavy (non-hydrogen) atoms. The minimum absolute atomic E-state index is 0.691. The summed E-state index contributed by atoms with van der Waals surface area (Å²) in [5.74, 6) is 0. The zero-order valence-corrected chi connectivity index (χ0v) is 6.95. The van der Waals surface area contributed by atoms with Gasteiger partial charge in [0.15, 0.2) is 0 Å². The summed E-state index contributed by atoms with van der Waals surface area (Å²) in [4.78, 5) is 10.0. The molecule has 0 aromatic rings. The molecule has 48 valence electrons. The highest BCUT2D eigenvalue weighted by molar-refractivity contribution is 6.75. The Morgan fingerprint density at radius 3 is 1.88 bits per heavy atom. The molecule has 0 rings (SSSR count). The van der Waals surface area contributed by atoms with Crippen LogP contribution in [0, 0.1) is 0 Å². The summed E-state index contributed by atoms with van der Waals surface area (Å²) in [7, 11) is -1.70. The molecule has 0 radical (unpaired) electrons. The van der Waals surface area contributed by atoms with E-state index in [-0.39, 0.29) is 0 Å². The number of rotatable bonds is 1. The highest BCUT2D eigenvalue weighted by atomic mass is 35.5. The van der Waals surface area contributed by atoms with Crippen LogP contribution in [-0.2, 0) is 4.43 Å². The van der Waals surface area contributed by atoms with Gasteiger partial charge in [-0.1, -0.05) is 0 Å². The lowest BCUT2D eigenvalue weighted by molar-refractivity contribution is 0.224. The molecule has 0 aliphatic carbocycles. The van der Waals surface area contributed by atoms with Crippen molar-refractivity contribution in [3.63, 3.8) is 0 Å². The van der Waals surface area contributed by atoms with Crippen molar-refractivity contribution in [2.45, 2.75) is 19.6 Å². The Bertz CT molecular complexity index is 96.7. The first-order valence-corrected chi connectivity index (χ1v) is 6.09. The molecule has 0 N–H and O–H groups in total. The maximum atomic E-state index is 10.0. The van der Waals surface area contributed by atoms with E-state index in [9.17, 15) is 4.79 Å². The Morgan fingerprint density at radius 2 is 1.88 bits per heavy atom. The van der Waals surface area contributed by atoms with E-state index in [1.165, 1.54) is 0 Å². The highest BCUT2D eigenvalue weighted by Crippen LogP contribution is 2.04. The summed E-state index contributed by atoms with van der Waals surface area (Å²) in [6.45, 7) is 5.69. The zero-order valence-electron chi connectivity index (χ0n) is 5.19. The van der Waals surface area contributed by atoms with Crippen LogP contribution in [0.25, 0.3) is 0 Å². The normalized spacial score (nSPS) is 11.0. The highest BCUT2D eigenvalue weighted by Gasteiger charge is 2.17. The molecular formula is C4H9ClO2Si. The van der Waals surface area contributed by atoms with Gasteiger partial charge in [-0.05, 0) is 19.6 Å². The minimum atomic E-state index is -1.70. The summed E-state index contributed by atoms with van der Waals surface area (Å²) in [5.41, 5.74) is -0.691. The Hall–Kier alpha value is -0.0231. The van der Waals surface area contributed by atoms with Crippen molar-refractivity contribution in [3.05, 3.63) is 0 Å². The molecule has 0 aliphatic rings. The van der Waals surface area contributed by atoms with Gasteiger partial charge in [0.1, 0.15) is 0 Å². The van der Waals surface area contributed by atoms with E-state index in [0.29, 0.717) is 0 Å². The summed E-state index contributed by atoms with van der Waals surface area (Å²) in [6, 6.07) is 0. The first kappa shape index (κ1) is 7.98. The first-order chi connectivity index (χ1) is 3.42. The Labute approximate surface area is 54.9 Å². The smallest absolute Gasteiger partial charge is 0.390 e. The molecule has 0 saturated carbocycles. The molecule has 4 heteroatoms. The van der Waals surface area contributed by atoms with E-state index in [1.807, 2.05) is 19.6 Å². The number of halogens is 1. The van der Waals surface area contributed by atoms with Gasteiger partial charge >= 0.3 is 5.43 Å². The summed E-state index contributed by atoms with van der Waals surface area (Å²) in [5, 5.41) is 0. The van der Waals surface area contributed by atoms with E-state index >= 15 is 0 Å². The average Bonchev–Trinajstić information content (AvgIpc) is 1.21. The number of hydrogen-bond acceptors (Lipinski definition) is 2. The van der Waals surface area contributed by atoms with Gasteiger partial charge in [-0.15, -0.1) is 0 Å². The second kappa shape index (κ2) is 2.50. The minimum Gasteiger partial charge on any atom is -0.508 e. The lowest BCUT2D eigenvalue weighted by Crippen LogP contribution is -2.26. The van der Waals surface area contributed by atoms with Crippen molar-refractivity contribution < 1.29 is 9.22 Å². The van der Waals surface area contributed by atoms with Crippen molar-refractivity contribution in [2.75, 3.05) is 0 Å². The fourth-order valence-electron chi connectivity index (χ4n) is 0.241. The van der Waals surface area contributed by atoms with Crippen molar-refractivity contribution >= 4 is 25.3 Å². The lowest BCUT2D eigenvalue weighted by atomic mass is 11.6. The Kier molecular flexibility index (Phi) is 2.50. The molecule has 0 unspecified atom stereocenters. The van der Waals surface area contributed by atoms with Gasteiger partial charge in [0.25, 0.3) is 0 Å². The number of carbonyl (C=O) groups excluding carboxylic acids is 1. The van der Waals surface area contributed by atoms with E-state index in [2.05, 4.69) is 0 Å². The first-order valence-electron chi connectivity index (χ1n) is 2.30. The Morgan fingerprint density at radius 1 is 1.50 bits per heavy atom. The van der Waals surface area contributed by atoms with Gasteiger partial charge in [0.05, 0.1) is 0 Å². The van der Waals surface area contributed by atoms with Crippen LogP contribution < -0.4 is 0 Å². The average molecular weight is 153 g/mol.